The molecular weight excluding hydrogens is 236 g/mol. The summed E-state index contributed by atoms with van der Waals surface area (Å²) in [5, 5.41) is 0. The first-order valence-corrected chi connectivity index (χ1v) is 5.79. The fraction of sp³-hybridized carbons (Fsp3) is 0.0833. The fourth-order valence-electron chi connectivity index (χ4n) is 1.76. The van der Waals surface area contributed by atoms with Gasteiger partial charge in [0.25, 0.3) is 0 Å². The number of aldehydes is 1. The van der Waals surface area contributed by atoms with E-state index in [4.69, 9.17) is 4.42 Å². The van der Waals surface area contributed by atoms with Gasteiger partial charge < -0.3 is 4.42 Å². The number of aryl methyl sites for hydroxylation is 1. The Morgan fingerprint density at radius 3 is 2.71 bits per heavy atom. The molecule has 0 saturated heterocycles. The molecular formula is C12H8N2O2S. The zero-order chi connectivity index (χ0) is 11.8. The van der Waals surface area contributed by atoms with Crippen LogP contribution in [-0.4, -0.2) is 15.0 Å². The second kappa shape index (κ2) is 3.78. The summed E-state index contributed by atoms with van der Waals surface area (Å²) in [4.78, 5) is 10.6. The van der Waals surface area contributed by atoms with Gasteiger partial charge in [0.05, 0.1) is 11.7 Å². The Morgan fingerprint density at radius 1 is 1.24 bits per heavy atom. The van der Waals surface area contributed by atoms with Crippen molar-refractivity contribution in [3.05, 3.63) is 35.6 Å². The predicted octanol–water partition coefficient (Wildman–Crippen LogP) is 3.07. The molecule has 84 valence electrons. The maximum absolute atomic E-state index is 10.6. The summed E-state index contributed by atoms with van der Waals surface area (Å²) in [6.45, 7) is 1.98. The van der Waals surface area contributed by atoms with Crippen LogP contribution in [0.25, 0.3) is 22.4 Å². The number of carbonyl (C=O) groups excluding carboxylic acids is 1. The van der Waals surface area contributed by atoms with Crippen LogP contribution in [0.3, 0.4) is 0 Å². The summed E-state index contributed by atoms with van der Waals surface area (Å²) in [5.41, 5.74) is 3.73. The van der Waals surface area contributed by atoms with E-state index in [2.05, 4.69) is 8.75 Å². The summed E-state index contributed by atoms with van der Waals surface area (Å²) in [5.74, 6) is 1.01. The molecule has 0 radical (unpaired) electrons. The van der Waals surface area contributed by atoms with Crippen LogP contribution >= 0.6 is 11.7 Å². The number of furan rings is 1. The van der Waals surface area contributed by atoms with Crippen LogP contribution in [0.5, 0.6) is 0 Å². The van der Waals surface area contributed by atoms with Crippen LogP contribution in [0, 0.1) is 6.92 Å². The molecule has 3 rings (SSSR count). The highest BCUT2D eigenvalue weighted by Gasteiger charge is 2.10. The molecule has 3 aromatic rings. The molecule has 0 spiro atoms. The van der Waals surface area contributed by atoms with Crippen molar-refractivity contribution in [2.24, 2.45) is 0 Å². The van der Waals surface area contributed by atoms with Crippen molar-refractivity contribution in [1.29, 1.82) is 0 Å². The van der Waals surface area contributed by atoms with Gasteiger partial charge in [0.2, 0.25) is 0 Å². The van der Waals surface area contributed by atoms with E-state index in [-0.39, 0.29) is 0 Å². The smallest absolute Gasteiger partial charge is 0.185 e. The van der Waals surface area contributed by atoms with Crippen molar-refractivity contribution in [3.8, 4) is 11.3 Å². The SMILES string of the molecule is Cc1cc2nsnc2cc1-c1ccc(C=O)o1. The zero-order valence-electron chi connectivity index (χ0n) is 9.01. The topological polar surface area (TPSA) is 56.0 Å². The largest absolute Gasteiger partial charge is 0.453 e. The Labute approximate surface area is 101 Å². The Bertz CT molecular complexity index is 699. The van der Waals surface area contributed by atoms with Crippen molar-refractivity contribution in [3.63, 3.8) is 0 Å². The lowest BCUT2D eigenvalue weighted by molar-refractivity contribution is 0.110. The minimum Gasteiger partial charge on any atom is -0.453 e. The number of hydrogen-bond donors (Lipinski definition) is 0. The Balaban J connectivity index is 2.21. The van der Waals surface area contributed by atoms with E-state index < -0.39 is 0 Å². The highest BCUT2D eigenvalue weighted by Crippen LogP contribution is 2.28. The minimum atomic E-state index is 0.330. The maximum Gasteiger partial charge on any atom is 0.185 e. The van der Waals surface area contributed by atoms with Gasteiger partial charge in [0.1, 0.15) is 16.8 Å². The Morgan fingerprint density at radius 2 is 2.00 bits per heavy atom. The molecule has 0 fully saturated rings. The number of aromatic nitrogens is 2. The minimum absolute atomic E-state index is 0.330. The van der Waals surface area contributed by atoms with Gasteiger partial charge in [-0.3, -0.25) is 4.79 Å². The first-order chi connectivity index (χ1) is 8.28. The molecule has 2 aromatic heterocycles. The van der Waals surface area contributed by atoms with Gasteiger partial charge >= 0.3 is 0 Å². The van der Waals surface area contributed by atoms with Crippen LogP contribution in [0.1, 0.15) is 16.1 Å². The van der Waals surface area contributed by atoms with Crippen LogP contribution in [-0.2, 0) is 0 Å². The lowest BCUT2D eigenvalue weighted by Gasteiger charge is -2.01. The third-order valence-corrected chi connectivity index (χ3v) is 3.16. The van der Waals surface area contributed by atoms with Crippen molar-refractivity contribution < 1.29 is 9.21 Å². The average molecular weight is 244 g/mol. The molecule has 0 amide bonds. The Kier molecular flexibility index (Phi) is 2.26. The van der Waals surface area contributed by atoms with E-state index in [0.29, 0.717) is 17.8 Å². The van der Waals surface area contributed by atoms with E-state index in [0.717, 1.165) is 22.2 Å². The molecule has 0 unspecified atom stereocenters. The molecule has 0 saturated carbocycles. The normalized spacial score (nSPS) is 10.9. The van der Waals surface area contributed by atoms with Crippen molar-refractivity contribution in [1.82, 2.24) is 8.75 Å². The first-order valence-electron chi connectivity index (χ1n) is 5.06. The summed E-state index contributed by atoms with van der Waals surface area (Å²) in [7, 11) is 0. The molecule has 17 heavy (non-hydrogen) atoms. The lowest BCUT2D eigenvalue weighted by atomic mass is 10.1. The molecule has 0 bridgehead atoms. The van der Waals surface area contributed by atoms with Gasteiger partial charge in [-0.2, -0.15) is 8.75 Å². The van der Waals surface area contributed by atoms with Crippen molar-refractivity contribution in [2.45, 2.75) is 6.92 Å². The van der Waals surface area contributed by atoms with Gasteiger partial charge in [-0.05, 0) is 36.8 Å². The van der Waals surface area contributed by atoms with E-state index in [1.807, 2.05) is 19.1 Å². The number of nitrogens with zero attached hydrogens (tertiary/aromatic N) is 2. The molecule has 0 aliphatic heterocycles. The molecule has 0 N–H and O–H groups in total. The highest BCUT2D eigenvalue weighted by atomic mass is 32.1. The summed E-state index contributed by atoms with van der Waals surface area (Å²) >= 11 is 1.19. The molecule has 0 atom stereocenters. The molecule has 0 aliphatic carbocycles. The van der Waals surface area contributed by atoms with E-state index in [9.17, 15) is 4.79 Å². The fourth-order valence-corrected chi connectivity index (χ4v) is 2.27. The molecule has 2 heterocycles. The molecule has 5 heteroatoms. The average Bonchev–Trinajstić information content (AvgIpc) is 2.94. The van der Waals surface area contributed by atoms with Gasteiger partial charge in [0.15, 0.2) is 12.0 Å². The number of carbonyl (C=O) groups is 1. The van der Waals surface area contributed by atoms with Crippen LogP contribution in [0.15, 0.2) is 28.7 Å². The van der Waals surface area contributed by atoms with Crippen LogP contribution in [0.4, 0.5) is 0 Å². The number of hydrogen-bond acceptors (Lipinski definition) is 5. The summed E-state index contributed by atoms with van der Waals surface area (Å²) in [6, 6.07) is 7.35. The highest BCUT2D eigenvalue weighted by molar-refractivity contribution is 7.00. The third kappa shape index (κ3) is 1.64. The van der Waals surface area contributed by atoms with Gasteiger partial charge in [-0.1, -0.05) is 0 Å². The van der Waals surface area contributed by atoms with Gasteiger partial charge in [-0.15, -0.1) is 0 Å². The van der Waals surface area contributed by atoms with E-state index in [1.165, 1.54) is 11.7 Å². The number of benzene rings is 1. The van der Waals surface area contributed by atoms with Gasteiger partial charge in [-0.25, -0.2) is 0 Å². The van der Waals surface area contributed by atoms with Crippen molar-refractivity contribution >= 4 is 29.0 Å². The maximum atomic E-state index is 10.6. The Hall–Kier alpha value is -2.01. The van der Waals surface area contributed by atoms with E-state index >= 15 is 0 Å². The zero-order valence-corrected chi connectivity index (χ0v) is 9.82. The van der Waals surface area contributed by atoms with Crippen LogP contribution in [0.2, 0.25) is 0 Å². The van der Waals surface area contributed by atoms with E-state index in [1.54, 1.807) is 12.1 Å². The summed E-state index contributed by atoms with van der Waals surface area (Å²) < 4.78 is 13.8. The third-order valence-electron chi connectivity index (χ3n) is 2.61. The second-order valence-corrected chi connectivity index (χ2v) is 4.27. The monoisotopic (exact) mass is 244 g/mol. The lowest BCUT2D eigenvalue weighted by Crippen LogP contribution is -1.82. The molecule has 1 aromatic carbocycles. The molecule has 0 aliphatic rings. The number of fused-ring (bicyclic) bond motifs is 1. The standard InChI is InChI=1S/C12H8N2O2S/c1-7-4-10-11(14-17-13-10)5-9(7)12-3-2-8(6-15)16-12/h2-6H,1H3. The molecule has 4 nitrogen and oxygen atoms in total. The number of rotatable bonds is 2. The second-order valence-electron chi connectivity index (χ2n) is 3.74. The van der Waals surface area contributed by atoms with Crippen molar-refractivity contribution in [2.75, 3.05) is 0 Å². The summed E-state index contributed by atoms with van der Waals surface area (Å²) in [6.07, 6.45) is 0.696. The first kappa shape index (κ1) is 10.2. The van der Waals surface area contributed by atoms with Gasteiger partial charge in [0, 0.05) is 5.56 Å². The van der Waals surface area contributed by atoms with Crippen LogP contribution < -0.4 is 0 Å². The predicted molar refractivity (Wildman–Crippen MR) is 65.2 cm³/mol. The quantitative estimate of drug-likeness (QED) is 0.650.